The number of nitrogens with one attached hydrogen (secondary N) is 2. The number of rotatable bonds is 11. The molecule has 3 aromatic rings. The van der Waals surface area contributed by atoms with Gasteiger partial charge >= 0.3 is 0 Å². The predicted octanol–water partition coefficient (Wildman–Crippen LogP) is 3.81. The van der Waals surface area contributed by atoms with Gasteiger partial charge in [-0.25, -0.2) is 9.37 Å². The largest absolute Gasteiger partial charge is 0.351 e. The van der Waals surface area contributed by atoms with E-state index >= 15 is 0 Å². The molecule has 7 heteroatoms. The zero-order chi connectivity index (χ0) is 23.6. The van der Waals surface area contributed by atoms with Gasteiger partial charge in [0.15, 0.2) is 0 Å². The van der Waals surface area contributed by atoms with Gasteiger partial charge in [0.2, 0.25) is 5.91 Å². The molecule has 0 bridgehead atoms. The number of amides is 1. The predicted molar refractivity (Wildman–Crippen MR) is 126 cm³/mol. The minimum atomic E-state index is -0.251. The second kappa shape index (κ2) is 11.9. The van der Waals surface area contributed by atoms with Crippen LogP contribution in [0.1, 0.15) is 42.7 Å². The van der Waals surface area contributed by atoms with Gasteiger partial charge in [0.25, 0.3) is 0 Å². The fourth-order valence-corrected chi connectivity index (χ4v) is 3.64. The summed E-state index contributed by atoms with van der Waals surface area (Å²) in [5.41, 5.74) is 3.35. The quantitative estimate of drug-likeness (QED) is 0.468. The van der Waals surface area contributed by atoms with E-state index in [0.717, 1.165) is 23.2 Å². The molecule has 3 rings (SSSR count). The van der Waals surface area contributed by atoms with Gasteiger partial charge < -0.3 is 15.2 Å². The third-order valence-corrected chi connectivity index (χ3v) is 5.84. The van der Waals surface area contributed by atoms with Gasteiger partial charge in [-0.1, -0.05) is 44.5 Å². The summed E-state index contributed by atoms with van der Waals surface area (Å²) in [6.07, 6.45) is 4.59. The SMILES string of the molecule is CC[C@H](C)[C@@H](CNCc1cccc(F)c1)NC(=O)Cc1cncn1Cc1ccc(C#N)cc1. The number of nitriles is 1. The second-order valence-corrected chi connectivity index (χ2v) is 8.32. The molecule has 0 fully saturated rings. The summed E-state index contributed by atoms with van der Waals surface area (Å²) >= 11 is 0. The minimum Gasteiger partial charge on any atom is -0.351 e. The number of carbonyl (C=O) groups excluding carboxylic acids is 1. The van der Waals surface area contributed by atoms with Crippen LogP contribution in [0.25, 0.3) is 0 Å². The molecule has 0 aliphatic rings. The van der Waals surface area contributed by atoms with Crippen molar-refractivity contribution in [1.29, 1.82) is 5.26 Å². The highest BCUT2D eigenvalue weighted by atomic mass is 19.1. The highest BCUT2D eigenvalue weighted by Crippen LogP contribution is 2.11. The number of hydrogen-bond donors (Lipinski definition) is 2. The highest BCUT2D eigenvalue weighted by Gasteiger charge is 2.19. The van der Waals surface area contributed by atoms with Crippen LogP contribution in [-0.2, 0) is 24.3 Å². The molecule has 0 aliphatic heterocycles. The summed E-state index contributed by atoms with van der Waals surface area (Å²) in [6.45, 7) is 5.94. The number of halogens is 1. The van der Waals surface area contributed by atoms with Crippen molar-refractivity contribution in [3.05, 3.63) is 89.3 Å². The van der Waals surface area contributed by atoms with Crippen molar-refractivity contribution in [3.63, 3.8) is 0 Å². The monoisotopic (exact) mass is 447 g/mol. The van der Waals surface area contributed by atoms with Crippen molar-refractivity contribution in [1.82, 2.24) is 20.2 Å². The Kier molecular flexibility index (Phi) is 8.73. The zero-order valence-electron chi connectivity index (χ0n) is 19.1. The molecule has 0 unspecified atom stereocenters. The van der Waals surface area contributed by atoms with Crippen LogP contribution in [0.15, 0.2) is 61.1 Å². The van der Waals surface area contributed by atoms with Crippen molar-refractivity contribution >= 4 is 5.91 Å². The van der Waals surface area contributed by atoms with E-state index in [9.17, 15) is 9.18 Å². The molecular formula is C26H30FN5O. The number of benzene rings is 2. The summed E-state index contributed by atoms with van der Waals surface area (Å²) in [6, 6.07) is 16.0. The van der Waals surface area contributed by atoms with E-state index in [-0.39, 0.29) is 30.1 Å². The molecule has 0 aliphatic carbocycles. The fourth-order valence-electron chi connectivity index (χ4n) is 3.64. The lowest BCUT2D eigenvalue weighted by molar-refractivity contribution is -0.121. The van der Waals surface area contributed by atoms with E-state index in [1.165, 1.54) is 12.1 Å². The maximum absolute atomic E-state index is 13.4. The van der Waals surface area contributed by atoms with Crippen molar-refractivity contribution in [2.45, 2.75) is 45.8 Å². The third kappa shape index (κ3) is 7.26. The lowest BCUT2D eigenvalue weighted by atomic mass is 9.98. The molecule has 6 nitrogen and oxygen atoms in total. The Labute approximate surface area is 194 Å². The first kappa shape index (κ1) is 24.1. The van der Waals surface area contributed by atoms with E-state index in [4.69, 9.17) is 5.26 Å². The number of hydrogen-bond acceptors (Lipinski definition) is 4. The van der Waals surface area contributed by atoms with Crippen LogP contribution in [0.2, 0.25) is 0 Å². The van der Waals surface area contributed by atoms with Gasteiger partial charge in [-0.15, -0.1) is 0 Å². The summed E-state index contributed by atoms with van der Waals surface area (Å²) in [7, 11) is 0. The second-order valence-electron chi connectivity index (χ2n) is 8.32. The van der Waals surface area contributed by atoms with Gasteiger partial charge in [-0.2, -0.15) is 5.26 Å². The number of imidazole rings is 1. The zero-order valence-corrected chi connectivity index (χ0v) is 19.1. The van der Waals surface area contributed by atoms with E-state index in [1.54, 1.807) is 30.7 Å². The Balaban J connectivity index is 1.56. The van der Waals surface area contributed by atoms with Crippen LogP contribution in [0, 0.1) is 23.1 Å². The average Bonchev–Trinajstić information content (AvgIpc) is 3.24. The summed E-state index contributed by atoms with van der Waals surface area (Å²) in [4.78, 5) is 17.1. The topological polar surface area (TPSA) is 82.7 Å². The van der Waals surface area contributed by atoms with Gasteiger partial charge in [-0.3, -0.25) is 4.79 Å². The summed E-state index contributed by atoms with van der Waals surface area (Å²) in [5.74, 6) is -0.0225. The Morgan fingerprint density at radius 1 is 1.21 bits per heavy atom. The molecule has 2 atom stereocenters. The first-order valence-electron chi connectivity index (χ1n) is 11.2. The molecule has 0 saturated heterocycles. The van der Waals surface area contributed by atoms with Crippen LogP contribution >= 0.6 is 0 Å². The summed E-state index contributed by atoms with van der Waals surface area (Å²) in [5, 5.41) is 15.4. The lowest BCUT2D eigenvalue weighted by Gasteiger charge is -2.25. The van der Waals surface area contributed by atoms with Gasteiger partial charge in [0, 0.05) is 37.6 Å². The Bertz CT molecular complexity index is 1090. The van der Waals surface area contributed by atoms with E-state index in [1.807, 2.05) is 22.8 Å². The lowest BCUT2D eigenvalue weighted by Crippen LogP contribution is -2.46. The van der Waals surface area contributed by atoms with Gasteiger partial charge in [-0.05, 0) is 41.3 Å². The number of aromatic nitrogens is 2. The van der Waals surface area contributed by atoms with Gasteiger partial charge in [0.1, 0.15) is 5.82 Å². The molecule has 1 aromatic heterocycles. The van der Waals surface area contributed by atoms with Gasteiger partial charge in [0.05, 0.1) is 24.4 Å². The van der Waals surface area contributed by atoms with E-state index in [2.05, 4.69) is 35.5 Å². The molecule has 172 valence electrons. The highest BCUT2D eigenvalue weighted by molar-refractivity contribution is 5.78. The van der Waals surface area contributed by atoms with E-state index in [0.29, 0.717) is 25.2 Å². The molecule has 1 heterocycles. The first-order valence-corrected chi connectivity index (χ1v) is 11.2. The fraction of sp³-hybridized carbons (Fsp3) is 0.346. The molecule has 33 heavy (non-hydrogen) atoms. The molecule has 0 radical (unpaired) electrons. The normalized spacial score (nSPS) is 12.7. The van der Waals surface area contributed by atoms with Crippen molar-refractivity contribution in [3.8, 4) is 6.07 Å². The third-order valence-electron chi connectivity index (χ3n) is 5.84. The van der Waals surface area contributed by atoms with Crippen LogP contribution in [0.4, 0.5) is 4.39 Å². The minimum absolute atomic E-state index is 0.0362. The van der Waals surface area contributed by atoms with Crippen molar-refractivity contribution in [2.24, 2.45) is 5.92 Å². The van der Waals surface area contributed by atoms with Crippen LogP contribution in [0.3, 0.4) is 0 Å². The molecule has 0 spiro atoms. The smallest absolute Gasteiger partial charge is 0.226 e. The molecule has 1 amide bonds. The first-order chi connectivity index (χ1) is 16.0. The Morgan fingerprint density at radius 2 is 2.00 bits per heavy atom. The molecule has 2 aromatic carbocycles. The van der Waals surface area contributed by atoms with Crippen molar-refractivity contribution < 1.29 is 9.18 Å². The van der Waals surface area contributed by atoms with Crippen LogP contribution in [-0.4, -0.2) is 28.0 Å². The maximum Gasteiger partial charge on any atom is 0.226 e. The maximum atomic E-state index is 13.4. The Hall–Kier alpha value is -3.50. The number of nitrogens with zero attached hydrogens (tertiary/aromatic N) is 3. The van der Waals surface area contributed by atoms with E-state index < -0.39 is 0 Å². The number of carbonyl (C=O) groups is 1. The van der Waals surface area contributed by atoms with Crippen LogP contribution in [0.5, 0.6) is 0 Å². The average molecular weight is 448 g/mol. The summed E-state index contributed by atoms with van der Waals surface area (Å²) < 4.78 is 15.3. The molecular weight excluding hydrogens is 417 g/mol. The Morgan fingerprint density at radius 3 is 2.70 bits per heavy atom. The molecule has 2 N–H and O–H groups in total. The molecule has 0 saturated carbocycles. The standard InChI is InChI=1S/C26H30FN5O/c1-3-19(2)25(16-29-14-22-5-4-6-23(27)11-22)31-26(33)12-24-15-30-18-32(24)17-21-9-7-20(13-28)8-10-21/h4-11,15,18-19,25,29H,3,12,14,16-17H2,1-2H3,(H,31,33)/t19-,25+/m0/s1. The van der Waals surface area contributed by atoms with Crippen LogP contribution < -0.4 is 10.6 Å². The van der Waals surface area contributed by atoms with Crippen molar-refractivity contribution in [2.75, 3.05) is 6.54 Å².